The molecule has 0 aliphatic carbocycles. The number of aryl methyl sites for hydroxylation is 1. The summed E-state index contributed by atoms with van der Waals surface area (Å²) in [6.45, 7) is 1.97. The summed E-state index contributed by atoms with van der Waals surface area (Å²) in [6.07, 6.45) is 0. The van der Waals surface area contributed by atoms with Crippen molar-refractivity contribution in [2.75, 3.05) is 0 Å². The summed E-state index contributed by atoms with van der Waals surface area (Å²) in [4.78, 5) is 8.83. The van der Waals surface area contributed by atoms with Gasteiger partial charge in [0.1, 0.15) is 5.75 Å². The van der Waals surface area contributed by atoms with Crippen molar-refractivity contribution in [3.8, 4) is 23.0 Å². The molecule has 0 amide bonds. The van der Waals surface area contributed by atoms with Gasteiger partial charge in [-0.2, -0.15) is 4.98 Å². The van der Waals surface area contributed by atoms with E-state index in [1.165, 1.54) is 30.3 Å². The van der Waals surface area contributed by atoms with E-state index in [1.807, 2.05) is 49.4 Å². The van der Waals surface area contributed by atoms with Gasteiger partial charge < -0.3 is 4.74 Å². The van der Waals surface area contributed by atoms with Crippen LogP contribution in [0, 0.1) is 6.92 Å². The van der Waals surface area contributed by atoms with E-state index in [1.54, 1.807) is 12.1 Å². The monoisotopic (exact) mass is 436 g/mol. The van der Waals surface area contributed by atoms with Gasteiger partial charge in [0.05, 0.1) is 4.90 Å². The molecule has 4 rings (SSSR count). The number of nitrogens with zero attached hydrogens (tertiary/aromatic N) is 2. The first-order valence-corrected chi connectivity index (χ1v) is 11.0. The average Bonchev–Trinajstić information content (AvgIpc) is 2.76. The molecule has 150 valence electrons. The molecule has 1 aromatic heterocycles. The van der Waals surface area contributed by atoms with Crippen LogP contribution in [0.1, 0.15) is 5.56 Å². The van der Waals surface area contributed by atoms with Crippen molar-refractivity contribution in [2.45, 2.75) is 16.8 Å². The molecule has 0 atom stereocenters. The summed E-state index contributed by atoms with van der Waals surface area (Å²) >= 11 is 5.90. The van der Waals surface area contributed by atoms with E-state index in [9.17, 15) is 8.42 Å². The molecule has 7 heteroatoms. The molecule has 4 aromatic rings. The molecule has 0 unspecified atom stereocenters. The Morgan fingerprint density at radius 3 is 2.17 bits per heavy atom. The van der Waals surface area contributed by atoms with Crippen LogP contribution in [0.3, 0.4) is 0 Å². The van der Waals surface area contributed by atoms with Crippen molar-refractivity contribution < 1.29 is 13.2 Å². The topological polar surface area (TPSA) is 69.2 Å². The molecular weight excluding hydrogens is 420 g/mol. The molecule has 0 aliphatic heterocycles. The van der Waals surface area contributed by atoms with Crippen LogP contribution in [0.25, 0.3) is 11.4 Å². The van der Waals surface area contributed by atoms with Crippen LogP contribution in [0.2, 0.25) is 5.02 Å². The lowest BCUT2D eigenvalue weighted by molar-refractivity contribution is 0.459. The molecule has 0 fully saturated rings. The lowest BCUT2D eigenvalue weighted by atomic mass is 10.2. The second kappa shape index (κ2) is 8.26. The van der Waals surface area contributed by atoms with Gasteiger partial charge in [-0.05, 0) is 43.3 Å². The van der Waals surface area contributed by atoms with Gasteiger partial charge in [0.15, 0.2) is 10.9 Å². The first-order valence-electron chi connectivity index (χ1n) is 9.11. The highest BCUT2D eigenvalue weighted by Crippen LogP contribution is 2.28. The molecule has 0 radical (unpaired) electrons. The van der Waals surface area contributed by atoms with Gasteiger partial charge in [0, 0.05) is 16.7 Å². The number of ether oxygens (including phenoxy) is 1. The highest BCUT2D eigenvalue weighted by Gasteiger charge is 2.22. The third kappa shape index (κ3) is 4.35. The van der Waals surface area contributed by atoms with Crippen LogP contribution >= 0.6 is 11.6 Å². The third-order valence-corrected chi connectivity index (χ3v) is 6.26. The maximum atomic E-state index is 13.2. The summed E-state index contributed by atoms with van der Waals surface area (Å²) in [6, 6.07) is 23.8. The number of hydrogen-bond acceptors (Lipinski definition) is 5. The second-order valence-electron chi connectivity index (χ2n) is 6.61. The van der Waals surface area contributed by atoms with E-state index < -0.39 is 9.84 Å². The lowest BCUT2D eigenvalue weighted by Gasteiger charge is -2.10. The Bertz CT molecular complexity index is 1270. The number of halogens is 1. The van der Waals surface area contributed by atoms with Crippen molar-refractivity contribution in [1.29, 1.82) is 0 Å². The van der Waals surface area contributed by atoms with E-state index in [0.717, 1.165) is 5.56 Å². The molecule has 5 nitrogen and oxygen atoms in total. The largest absolute Gasteiger partial charge is 0.439 e. The Hall–Kier alpha value is -3.22. The fourth-order valence-corrected chi connectivity index (χ4v) is 4.10. The van der Waals surface area contributed by atoms with Crippen LogP contribution in [0.15, 0.2) is 94.9 Å². The maximum Gasteiger partial charge on any atom is 0.224 e. The van der Waals surface area contributed by atoms with Gasteiger partial charge >= 0.3 is 0 Å². The van der Waals surface area contributed by atoms with Gasteiger partial charge in [-0.15, -0.1) is 0 Å². The highest BCUT2D eigenvalue weighted by molar-refractivity contribution is 7.91. The molecule has 0 N–H and O–H groups in total. The fraction of sp³-hybridized carbons (Fsp3) is 0.0435. The number of sulfone groups is 1. The van der Waals surface area contributed by atoms with Gasteiger partial charge in [-0.25, -0.2) is 13.4 Å². The van der Waals surface area contributed by atoms with Gasteiger partial charge in [-0.1, -0.05) is 59.6 Å². The molecule has 3 aromatic carbocycles. The van der Waals surface area contributed by atoms with E-state index in [4.69, 9.17) is 16.3 Å². The molecule has 0 saturated heterocycles. The van der Waals surface area contributed by atoms with Crippen LogP contribution in [0.4, 0.5) is 0 Å². The van der Waals surface area contributed by atoms with Crippen molar-refractivity contribution in [3.05, 3.63) is 95.5 Å². The minimum atomic E-state index is -3.90. The Kier molecular flexibility index (Phi) is 5.53. The van der Waals surface area contributed by atoms with Gasteiger partial charge in [0.25, 0.3) is 0 Å². The highest BCUT2D eigenvalue weighted by atomic mass is 35.5. The van der Waals surface area contributed by atoms with Crippen LogP contribution in [0.5, 0.6) is 11.6 Å². The maximum absolute atomic E-state index is 13.2. The number of aromatic nitrogens is 2. The lowest BCUT2D eigenvalue weighted by Crippen LogP contribution is -2.07. The predicted molar refractivity (Wildman–Crippen MR) is 116 cm³/mol. The fourth-order valence-electron chi connectivity index (χ4n) is 2.77. The zero-order chi connectivity index (χ0) is 21.1. The molecule has 0 saturated carbocycles. The van der Waals surface area contributed by atoms with Crippen LogP contribution in [-0.2, 0) is 9.84 Å². The van der Waals surface area contributed by atoms with Gasteiger partial charge in [-0.3, -0.25) is 0 Å². The van der Waals surface area contributed by atoms with Crippen molar-refractivity contribution in [3.63, 3.8) is 0 Å². The Morgan fingerprint density at radius 2 is 1.50 bits per heavy atom. The number of rotatable bonds is 5. The third-order valence-electron chi connectivity index (χ3n) is 4.35. The summed E-state index contributed by atoms with van der Waals surface area (Å²) in [7, 11) is -3.90. The van der Waals surface area contributed by atoms with E-state index in [2.05, 4.69) is 9.97 Å². The minimum Gasteiger partial charge on any atom is -0.439 e. The van der Waals surface area contributed by atoms with Crippen molar-refractivity contribution >= 4 is 21.4 Å². The molecule has 0 spiro atoms. The molecule has 1 heterocycles. The minimum absolute atomic E-state index is 0.0888. The summed E-state index contributed by atoms with van der Waals surface area (Å²) < 4.78 is 32.2. The molecular formula is C23H17ClN2O3S. The number of benzene rings is 3. The smallest absolute Gasteiger partial charge is 0.224 e. The number of hydrogen-bond donors (Lipinski definition) is 0. The zero-order valence-corrected chi connectivity index (χ0v) is 17.6. The van der Waals surface area contributed by atoms with E-state index >= 15 is 0 Å². The Labute approximate surface area is 179 Å². The first-order chi connectivity index (χ1) is 14.4. The zero-order valence-electron chi connectivity index (χ0n) is 16.0. The predicted octanol–water partition coefficient (Wildman–Crippen LogP) is 5.73. The second-order valence-corrected chi connectivity index (χ2v) is 8.94. The standard InChI is InChI=1S/C23H17ClN2O3S/c1-16-7-11-19(12-8-16)29-21-15-22(26-23(25-21)17-5-3-2-4-6-17)30(27,28)20-13-9-18(24)10-14-20/h2-15H,1H3. The SMILES string of the molecule is Cc1ccc(Oc2cc(S(=O)(=O)c3ccc(Cl)cc3)nc(-c3ccccc3)n2)cc1. The van der Waals surface area contributed by atoms with E-state index in [-0.39, 0.29) is 21.6 Å². The van der Waals surface area contributed by atoms with E-state index in [0.29, 0.717) is 16.3 Å². The van der Waals surface area contributed by atoms with Crippen LogP contribution in [-0.4, -0.2) is 18.4 Å². The Balaban J connectivity index is 1.83. The quantitative estimate of drug-likeness (QED) is 0.373. The average molecular weight is 437 g/mol. The summed E-state index contributed by atoms with van der Waals surface area (Å²) in [5.41, 5.74) is 1.76. The van der Waals surface area contributed by atoms with Gasteiger partial charge in [0.2, 0.25) is 15.7 Å². The van der Waals surface area contributed by atoms with Crippen molar-refractivity contribution in [1.82, 2.24) is 9.97 Å². The molecule has 0 aliphatic rings. The molecule has 0 bridgehead atoms. The molecule has 30 heavy (non-hydrogen) atoms. The normalized spacial score (nSPS) is 11.3. The summed E-state index contributed by atoms with van der Waals surface area (Å²) in [5, 5.41) is 0.297. The van der Waals surface area contributed by atoms with Crippen LogP contribution < -0.4 is 4.74 Å². The first kappa shape index (κ1) is 20.1. The van der Waals surface area contributed by atoms with Crippen molar-refractivity contribution in [2.24, 2.45) is 0 Å². The summed E-state index contributed by atoms with van der Waals surface area (Å²) in [5.74, 6) is 0.946. The Morgan fingerprint density at radius 1 is 0.833 bits per heavy atom.